The van der Waals surface area contributed by atoms with Crippen LogP contribution in [-0.2, 0) is 13.1 Å². The van der Waals surface area contributed by atoms with Crippen molar-refractivity contribution >= 4 is 22.0 Å². The van der Waals surface area contributed by atoms with Crippen molar-refractivity contribution in [3.63, 3.8) is 0 Å². The number of carbonyl (C=O) groups is 1. The second-order valence-electron chi connectivity index (χ2n) is 4.26. The van der Waals surface area contributed by atoms with Gasteiger partial charge < -0.3 is 10.6 Å². The van der Waals surface area contributed by atoms with E-state index in [1.165, 1.54) is 6.07 Å². The molecule has 0 saturated heterocycles. The zero-order valence-electron chi connectivity index (χ0n) is 10.7. The highest BCUT2D eigenvalue weighted by Crippen LogP contribution is 2.11. The van der Waals surface area contributed by atoms with E-state index in [0.29, 0.717) is 12.1 Å². The molecule has 2 aromatic carbocycles. The summed E-state index contributed by atoms with van der Waals surface area (Å²) in [7, 11) is 0. The predicted octanol–water partition coefficient (Wildman–Crippen LogP) is 3.59. The quantitative estimate of drug-likeness (QED) is 0.880. The molecule has 0 aliphatic carbocycles. The molecule has 3 nitrogen and oxygen atoms in total. The van der Waals surface area contributed by atoms with Crippen LogP contribution < -0.4 is 10.6 Å². The lowest BCUT2D eigenvalue weighted by atomic mass is 10.2. The van der Waals surface area contributed by atoms with Crippen molar-refractivity contribution in [1.29, 1.82) is 0 Å². The van der Waals surface area contributed by atoms with E-state index < -0.39 is 0 Å². The molecule has 0 atom stereocenters. The molecule has 0 saturated carbocycles. The minimum absolute atomic E-state index is 0.164. The molecule has 0 heterocycles. The van der Waals surface area contributed by atoms with Crippen molar-refractivity contribution in [2.24, 2.45) is 0 Å². The van der Waals surface area contributed by atoms with Crippen LogP contribution in [0.1, 0.15) is 11.1 Å². The van der Waals surface area contributed by atoms with Crippen molar-refractivity contribution in [1.82, 2.24) is 10.6 Å². The largest absolute Gasteiger partial charge is 0.334 e. The lowest BCUT2D eigenvalue weighted by molar-refractivity contribution is 0.240. The molecule has 20 heavy (non-hydrogen) atoms. The highest BCUT2D eigenvalue weighted by molar-refractivity contribution is 9.10. The number of hydrogen-bond acceptors (Lipinski definition) is 1. The van der Waals surface area contributed by atoms with Crippen LogP contribution in [0.3, 0.4) is 0 Å². The summed E-state index contributed by atoms with van der Waals surface area (Å²) in [6, 6.07) is 13.7. The maximum absolute atomic E-state index is 13.4. The van der Waals surface area contributed by atoms with E-state index in [-0.39, 0.29) is 18.4 Å². The first-order valence-electron chi connectivity index (χ1n) is 6.15. The first-order valence-corrected chi connectivity index (χ1v) is 6.94. The number of rotatable bonds is 4. The van der Waals surface area contributed by atoms with Crippen LogP contribution in [-0.4, -0.2) is 6.03 Å². The Morgan fingerprint density at radius 2 is 1.80 bits per heavy atom. The summed E-state index contributed by atoms with van der Waals surface area (Å²) in [5.41, 5.74) is 1.45. The molecule has 5 heteroatoms. The maximum Gasteiger partial charge on any atom is 0.315 e. The SMILES string of the molecule is O=C(NCc1cccc(Br)c1)NCc1ccccc1F. The van der Waals surface area contributed by atoms with Gasteiger partial charge in [-0.3, -0.25) is 0 Å². The Bertz CT molecular complexity index is 604. The van der Waals surface area contributed by atoms with E-state index in [1.54, 1.807) is 18.2 Å². The van der Waals surface area contributed by atoms with E-state index >= 15 is 0 Å². The van der Waals surface area contributed by atoms with E-state index in [0.717, 1.165) is 10.0 Å². The minimum atomic E-state index is -0.326. The van der Waals surface area contributed by atoms with E-state index in [4.69, 9.17) is 0 Å². The van der Waals surface area contributed by atoms with Crippen LogP contribution >= 0.6 is 15.9 Å². The molecule has 2 rings (SSSR count). The Balaban J connectivity index is 1.80. The highest BCUT2D eigenvalue weighted by Gasteiger charge is 2.04. The molecule has 2 N–H and O–H groups in total. The molecule has 0 aliphatic heterocycles. The third-order valence-electron chi connectivity index (χ3n) is 2.74. The average molecular weight is 337 g/mol. The van der Waals surface area contributed by atoms with Gasteiger partial charge in [0.1, 0.15) is 5.82 Å². The van der Waals surface area contributed by atoms with Crippen LogP contribution in [0.4, 0.5) is 9.18 Å². The first-order chi connectivity index (χ1) is 9.65. The topological polar surface area (TPSA) is 41.1 Å². The van der Waals surface area contributed by atoms with Gasteiger partial charge in [0.25, 0.3) is 0 Å². The molecule has 0 spiro atoms. The second kappa shape index (κ2) is 7.05. The molecule has 0 aromatic heterocycles. The van der Waals surface area contributed by atoms with Gasteiger partial charge in [0.15, 0.2) is 0 Å². The van der Waals surface area contributed by atoms with Gasteiger partial charge in [0.05, 0.1) is 0 Å². The zero-order chi connectivity index (χ0) is 14.4. The van der Waals surface area contributed by atoms with Crippen LogP contribution in [0.15, 0.2) is 53.0 Å². The molecule has 2 amide bonds. The van der Waals surface area contributed by atoms with Gasteiger partial charge in [-0.15, -0.1) is 0 Å². The Labute approximate surface area is 125 Å². The minimum Gasteiger partial charge on any atom is -0.334 e. The van der Waals surface area contributed by atoms with Crippen molar-refractivity contribution in [2.45, 2.75) is 13.1 Å². The third-order valence-corrected chi connectivity index (χ3v) is 3.23. The highest BCUT2D eigenvalue weighted by atomic mass is 79.9. The van der Waals surface area contributed by atoms with E-state index in [9.17, 15) is 9.18 Å². The monoisotopic (exact) mass is 336 g/mol. The fraction of sp³-hybridized carbons (Fsp3) is 0.133. The van der Waals surface area contributed by atoms with E-state index in [2.05, 4.69) is 26.6 Å². The number of nitrogens with one attached hydrogen (secondary N) is 2. The summed E-state index contributed by atoms with van der Waals surface area (Å²) in [4.78, 5) is 11.6. The molecule has 2 aromatic rings. The molecule has 0 unspecified atom stereocenters. The molecule has 0 aliphatic rings. The molecule has 0 bridgehead atoms. The third kappa shape index (κ3) is 4.35. The molecular weight excluding hydrogens is 323 g/mol. The van der Waals surface area contributed by atoms with Crippen molar-refractivity contribution in [3.8, 4) is 0 Å². The fourth-order valence-corrected chi connectivity index (χ4v) is 2.16. The smallest absolute Gasteiger partial charge is 0.315 e. The second-order valence-corrected chi connectivity index (χ2v) is 5.17. The Hall–Kier alpha value is -1.88. The summed E-state index contributed by atoms with van der Waals surface area (Å²) >= 11 is 3.37. The number of halogens is 2. The molecule has 0 fully saturated rings. The zero-order valence-corrected chi connectivity index (χ0v) is 12.3. The Morgan fingerprint density at radius 1 is 1.05 bits per heavy atom. The lowest BCUT2D eigenvalue weighted by Gasteiger charge is -2.08. The fourth-order valence-electron chi connectivity index (χ4n) is 1.71. The van der Waals surface area contributed by atoms with Crippen LogP contribution in [0.25, 0.3) is 0 Å². The van der Waals surface area contributed by atoms with Gasteiger partial charge in [-0.2, -0.15) is 0 Å². The summed E-state index contributed by atoms with van der Waals surface area (Å²) in [6.07, 6.45) is 0. The van der Waals surface area contributed by atoms with Gasteiger partial charge >= 0.3 is 6.03 Å². The summed E-state index contributed by atoms with van der Waals surface area (Å²) < 4.78 is 14.3. The summed E-state index contributed by atoms with van der Waals surface area (Å²) in [5, 5.41) is 5.35. The lowest BCUT2D eigenvalue weighted by Crippen LogP contribution is -2.34. The standard InChI is InChI=1S/C15H14BrFN2O/c16-13-6-3-4-11(8-13)9-18-15(20)19-10-12-5-1-2-7-14(12)17/h1-8H,9-10H2,(H2,18,19,20). The number of hydrogen-bond donors (Lipinski definition) is 2. The summed E-state index contributed by atoms with van der Waals surface area (Å²) in [6.45, 7) is 0.583. The maximum atomic E-state index is 13.4. The van der Waals surface area contributed by atoms with Crippen LogP contribution in [0.5, 0.6) is 0 Å². The summed E-state index contributed by atoms with van der Waals surface area (Å²) in [5.74, 6) is -0.320. The van der Waals surface area contributed by atoms with Crippen LogP contribution in [0.2, 0.25) is 0 Å². The Morgan fingerprint density at radius 3 is 2.55 bits per heavy atom. The van der Waals surface area contributed by atoms with Gasteiger partial charge in [-0.25, -0.2) is 9.18 Å². The van der Waals surface area contributed by atoms with Gasteiger partial charge in [0.2, 0.25) is 0 Å². The number of carbonyl (C=O) groups excluding carboxylic acids is 1. The van der Waals surface area contributed by atoms with E-state index in [1.807, 2.05) is 24.3 Å². The number of benzene rings is 2. The van der Waals surface area contributed by atoms with Crippen molar-refractivity contribution in [3.05, 3.63) is 69.9 Å². The Kier molecular flexibility index (Phi) is 5.12. The molecule has 0 radical (unpaired) electrons. The number of amides is 2. The van der Waals surface area contributed by atoms with Crippen molar-refractivity contribution in [2.75, 3.05) is 0 Å². The normalized spacial score (nSPS) is 10.1. The number of urea groups is 1. The van der Waals surface area contributed by atoms with Gasteiger partial charge in [-0.1, -0.05) is 46.3 Å². The van der Waals surface area contributed by atoms with Crippen molar-refractivity contribution < 1.29 is 9.18 Å². The van der Waals surface area contributed by atoms with Crippen LogP contribution in [0, 0.1) is 5.82 Å². The average Bonchev–Trinajstić information content (AvgIpc) is 2.44. The van der Waals surface area contributed by atoms with Gasteiger partial charge in [-0.05, 0) is 23.8 Å². The molecular formula is C15H14BrFN2O. The predicted molar refractivity (Wildman–Crippen MR) is 79.6 cm³/mol. The first kappa shape index (κ1) is 14.5. The molecule has 104 valence electrons. The van der Waals surface area contributed by atoms with Gasteiger partial charge in [0, 0.05) is 23.1 Å².